The minimum Gasteiger partial charge on any atom is -0.494 e. The zero-order chi connectivity index (χ0) is 25.3. The van der Waals surface area contributed by atoms with Crippen molar-refractivity contribution in [3.8, 4) is 22.8 Å². The maximum Gasteiger partial charge on any atom is 0.269 e. The lowest BCUT2D eigenvalue weighted by Crippen LogP contribution is -2.20. The van der Waals surface area contributed by atoms with Gasteiger partial charge in [-0.15, -0.1) is 10.2 Å². The molecule has 11 heteroatoms. The summed E-state index contributed by atoms with van der Waals surface area (Å²) in [5, 5.41) is 23.9. The summed E-state index contributed by atoms with van der Waals surface area (Å²) in [6.07, 6.45) is 1.42. The molecule has 0 saturated heterocycles. The summed E-state index contributed by atoms with van der Waals surface area (Å²) in [5.41, 5.74) is 4.79. The van der Waals surface area contributed by atoms with Gasteiger partial charge in [0.2, 0.25) is 0 Å². The second-order valence-corrected chi connectivity index (χ2v) is 8.31. The van der Waals surface area contributed by atoms with Crippen LogP contribution in [0.25, 0.3) is 17.1 Å². The average Bonchev–Trinajstić information content (AvgIpc) is 3.33. The van der Waals surface area contributed by atoms with Crippen molar-refractivity contribution in [3.05, 3.63) is 94.5 Å². The Hall–Kier alpha value is -4.51. The van der Waals surface area contributed by atoms with Crippen LogP contribution >= 0.6 is 11.8 Å². The van der Waals surface area contributed by atoms with Gasteiger partial charge in [-0.2, -0.15) is 5.10 Å². The Morgan fingerprint density at radius 1 is 1.08 bits per heavy atom. The van der Waals surface area contributed by atoms with Gasteiger partial charge >= 0.3 is 0 Å². The third-order valence-corrected chi connectivity index (χ3v) is 5.84. The van der Waals surface area contributed by atoms with E-state index in [1.54, 1.807) is 12.1 Å². The van der Waals surface area contributed by atoms with Crippen LogP contribution in [0.5, 0.6) is 5.75 Å². The number of aromatic nitrogens is 3. The molecule has 0 aliphatic heterocycles. The molecule has 0 saturated carbocycles. The van der Waals surface area contributed by atoms with Gasteiger partial charge in [-0.1, -0.05) is 42.1 Å². The van der Waals surface area contributed by atoms with Crippen molar-refractivity contribution in [1.29, 1.82) is 0 Å². The molecular weight excluding hydrogens is 480 g/mol. The fourth-order valence-electron chi connectivity index (χ4n) is 3.25. The molecule has 0 aliphatic rings. The van der Waals surface area contributed by atoms with Gasteiger partial charge < -0.3 is 4.74 Å². The van der Waals surface area contributed by atoms with E-state index in [0.29, 0.717) is 23.2 Å². The van der Waals surface area contributed by atoms with Crippen LogP contribution in [0.15, 0.2) is 89.1 Å². The quantitative estimate of drug-likeness (QED) is 0.147. The number of amides is 1. The van der Waals surface area contributed by atoms with E-state index >= 15 is 0 Å². The Morgan fingerprint density at radius 2 is 1.81 bits per heavy atom. The fraction of sp³-hybridized carbons (Fsp3) is 0.120. The predicted molar refractivity (Wildman–Crippen MR) is 138 cm³/mol. The van der Waals surface area contributed by atoms with Gasteiger partial charge in [0.15, 0.2) is 11.0 Å². The van der Waals surface area contributed by atoms with E-state index in [1.165, 1.54) is 30.1 Å². The Bertz CT molecular complexity index is 1360. The first-order valence-corrected chi connectivity index (χ1v) is 12.0. The fourth-order valence-corrected chi connectivity index (χ4v) is 4.00. The number of hydrogen-bond acceptors (Lipinski definition) is 8. The van der Waals surface area contributed by atoms with E-state index in [4.69, 9.17) is 4.74 Å². The molecule has 182 valence electrons. The van der Waals surface area contributed by atoms with Crippen LogP contribution in [0, 0.1) is 10.1 Å². The number of hydrogen-bond donors (Lipinski definition) is 1. The highest BCUT2D eigenvalue weighted by atomic mass is 32.2. The SMILES string of the molecule is CCOc1ccc(-n2c(SCC(=O)N/N=C\c3ccc([N+](=O)[O-])cc3)nnc2-c2ccccc2)cc1. The maximum atomic E-state index is 12.4. The summed E-state index contributed by atoms with van der Waals surface area (Å²) in [6.45, 7) is 2.50. The number of nitrogens with one attached hydrogen (secondary N) is 1. The minimum atomic E-state index is -0.477. The van der Waals surface area contributed by atoms with Crippen LogP contribution in [0.2, 0.25) is 0 Å². The summed E-state index contributed by atoms with van der Waals surface area (Å²) in [7, 11) is 0. The zero-order valence-corrected chi connectivity index (χ0v) is 20.1. The number of benzene rings is 3. The van der Waals surface area contributed by atoms with E-state index in [1.807, 2.05) is 66.1 Å². The molecule has 0 bridgehead atoms. The third kappa shape index (κ3) is 6.13. The van der Waals surface area contributed by atoms with Gasteiger partial charge in [-0.05, 0) is 48.9 Å². The molecule has 0 unspecified atom stereocenters. The topological polar surface area (TPSA) is 125 Å². The molecule has 1 aromatic heterocycles. The van der Waals surface area contributed by atoms with Crippen molar-refractivity contribution in [2.24, 2.45) is 5.10 Å². The van der Waals surface area contributed by atoms with Gasteiger partial charge in [-0.3, -0.25) is 19.5 Å². The highest BCUT2D eigenvalue weighted by Crippen LogP contribution is 2.28. The Balaban J connectivity index is 1.47. The zero-order valence-electron chi connectivity index (χ0n) is 19.3. The van der Waals surface area contributed by atoms with Gasteiger partial charge in [-0.25, -0.2) is 5.43 Å². The van der Waals surface area contributed by atoms with Crippen molar-refractivity contribution >= 4 is 29.6 Å². The molecule has 3 aromatic carbocycles. The lowest BCUT2D eigenvalue weighted by molar-refractivity contribution is -0.384. The number of ether oxygens (including phenoxy) is 1. The van der Waals surface area contributed by atoms with Gasteiger partial charge in [0, 0.05) is 23.4 Å². The molecule has 0 fully saturated rings. The second-order valence-electron chi connectivity index (χ2n) is 7.37. The van der Waals surface area contributed by atoms with Crippen molar-refractivity contribution in [2.75, 3.05) is 12.4 Å². The first-order valence-electron chi connectivity index (χ1n) is 11.0. The number of rotatable bonds is 10. The number of hydrazone groups is 1. The minimum absolute atomic E-state index is 0.0147. The highest BCUT2D eigenvalue weighted by molar-refractivity contribution is 7.99. The molecule has 1 N–H and O–H groups in total. The number of carbonyl (C=O) groups is 1. The van der Waals surface area contributed by atoms with Crippen molar-refractivity contribution in [2.45, 2.75) is 12.1 Å². The monoisotopic (exact) mass is 502 g/mol. The van der Waals surface area contributed by atoms with Crippen molar-refractivity contribution in [1.82, 2.24) is 20.2 Å². The second kappa shape index (κ2) is 11.8. The third-order valence-electron chi connectivity index (χ3n) is 4.91. The molecule has 0 radical (unpaired) electrons. The number of nitro groups is 1. The van der Waals surface area contributed by atoms with Crippen LogP contribution in [-0.4, -0.2) is 44.2 Å². The van der Waals surface area contributed by atoms with E-state index in [9.17, 15) is 14.9 Å². The standard InChI is InChI=1S/C25H22N6O4S/c1-2-35-22-14-12-20(13-15-22)30-24(19-6-4-3-5-7-19)28-29-25(30)36-17-23(32)27-26-16-18-8-10-21(11-9-18)31(33)34/h3-16H,2,17H2,1H3,(H,27,32)/b26-16-. The Kier molecular flexibility index (Phi) is 8.04. The summed E-state index contributed by atoms with van der Waals surface area (Å²) in [6, 6.07) is 23.1. The summed E-state index contributed by atoms with van der Waals surface area (Å²) >= 11 is 1.23. The smallest absolute Gasteiger partial charge is 0.269 e. The first kappa shape index (κ1) is 24.6. The largest absolute Gasteiger partial charge is 0.494 e. The molecule has 0 atom stereocenters. The van der Waals surface area contributed by atoms with Crippen LogP contribution in [-0.2, 0) is 4.79 Å². The van der Waals surface area contributed by atoms with Gasteiger partial charge in [0.25, 0.3) is 11.6 Å². The highest BCUT2D eigenvalue weighted by Gasteiger charge is 2.17. The Morgan fingerprint density at radius 3 is 2.47 bits per heavy atom. The van der Waals surface area contributed by atoms with E-state index in [2.05, 4.69) is 20.7 Å². The molecule has 4 aromatic rings. The van der Waals surface area contributed by atoms with Crippen LogP contribution in [0.4, 0.5) is 5.69 Å². The molecule has 0 spiro atoms. The van der Waals surface area contributed by atoms with E-state index in [-0.39, 0.29) is 17.3 Å². The molecule has 0 aliphatic carbocycles. The number of nitro benzene ring substituents is 1. The molecule has 10 nitrogen and oxygen atoms in total. The van der Waals surface area contributed by atoms with Crippen molar-refractivity contribution < 1.29 is 14.5 Å². The lowest BCUT2D eigenvalue weighted by Gasteiger charge is -2.11. The number of non-ortho nitro benzene ring substituents is 1. The van der Waals surface area contributed by atoms with Gasteiger partial charge in [0.05, 0.1) is 23.5 Å². The number of carbonyl (C=O) groups excluding carboxylic acids is 1. The summed E-state index contributed by atoms with van der Waals surface area (Å²) in [5.74, 6) is 1.14. The van der Waals surface area contributed by atoms with E-state index in [0.717, 1.165) is 17.0 Å². The summed E-state index contributed by atoms with van der Waals surface area (Å²) in [4.78, 5) is 22.6. The first-order chi connectivity index (χ1) is 17.5. The lowest BCUT2D eigenvalue weighted by atomic mass is 10.2. The molecule has 36 heavy (non-hydrogen) atoms. The molecule has 1 amide bonds. The van der Waals surface area contributed by atoms with Crippen molar-refractivity contribution in [3.63, 3.8) is 0 Å². The van der Waals surface area contributed by atoms with E-state index < -0.39 is 4.92 Å². The predicted octanol–water partition coefficient (Wildman–Crippen LogP) is 4.48. The van der Waals surface area contributed by atoms with Gasteiger partial charge in [0.1, 0.15) is 5.75 Å². The maximum absolute atomic E-state index is 12.4. The normalized spacial score (nSPS) is 10.9. The Labute approximate surface area is 211 Å². The average molecular weight is 503 g/mol. The molecular formula is C25H22N6O4S. The number of nitrogens with zero attached hydrogens (tertiary/aromatic N) is 5. The molecule has 4 rings (SSSR count). The molecule has 1 heterocycles. The van der Waals surface area contributed by atoms with Crippen LogP contribution in [0.1, 0.15) is 12.5 Å². The number of thioether (sulfide) groups is 1. The summed E-state index contributed by atoms with van der Waals surface area (Å²) < 4.78 is 7.44. The van der Waals surface area contributed by atoms with Crippen LogP contribution < -0.4 is 10.2 Å². The van der Waals surface area contributed by atoms with Crippen LogP contribution in [0.3, 0.4) is 0 Å².